The molecule has 106 valence electrons. The Labute approximate surface area is 114 Å². The summed E-state index contributed by atoms with van der Waals surface area (Å²) in [6, 6.07) is 2.42. The highest BCUT2D eigenvalue weighted by atomic mass is 15.2. The maximum Gasteiger partial charge on any atom is 0.0252 e. The Morgan fingerprint density at radius 3 is 2.22 bits per heavy atom. The van der Waals surface area contributed by atoms with Gasteiger partial charge in [0.05, 0.1) is 0 Å². The maximum atomic E-state index is 3.59. The summed E-state index contributed by atoms with van der Waals surface area (Å²) in [6.07, 6.45) is 11.4. The molecule has 0 aromatic heterocycles. The molecule has 2 aliphatic rings. The highest BCUT2D eigenvalue weighted by molar-refractivity contribution is 4.92. The molecule has 2 fully saturated rings. The number of nitrogens with one attached hydrogen (secondary N) is 1. The normalized spacial score (nSPS) is 30.5. The number of hydrogen-bond acceptors (Lipinski definition) is 2. The number of rotatable bonds is 5. The summed E-state index contributed by atoms with van der Waals surface area (Å²) < 4.78 is 0. The van der Waals surface area contributed by atoms with Gasteiger partial charge < -0.3 is 5.32 Å². The van der Waals surface area contributed by atoms with E-state index in [1.54, 1.807) is 0 Å². The topological polar surface area (TPSA) is 15.3 Å². The zero-order valence-electron chi connectivity index (χ0n) is 12.6. The van der Waals surface area contributed by atoms with E-state index < -0.39 is 0 Å². The first-order chi connectivity index (χ1) is 8.72. The van der Waals surface area contributed by atoms with Crippen molar-refractivity contribution < 1.29 is 0 Å². The minimum absolute atomic E-state index is 0.734. The predicted octanol–water partition coefficient (Wildman–Crippen LogP) is 3.42. The van der Waals surface area contributed by atoms with Crippen molar-refractivity contribution in [3.8, 4) is 0 Å². The van der Waals surface area contributed by atoms with Crippen molar-refractivity contribution in [3.05, 3.63) is 0 Å². The van der Waals surface area contributed by atoms with Gasteiger partial charge in [0.2, 0.25) is 0 Å². The van der Waals surface area contributed by atoms with Crippen molar-refractivity contribution in [2.45, 2.75) is 83.3 Å². The zero-order valence-corrected chi connectivity index (χ0v) is 12.6. The van der Waals surface area contributed by atoms with Crippen molar-refractivity contribution in [3.63, 3.8) is 0 Å². The molecule has 2 nitrogen and oxygen atoms in total. The van der Waals surface area contributed by atoms with E-state index in [1.807, 2.05) is 0 Å². The Balaban J connectivity index is 2.05. The Morgan fingerprint density at radius 1 is 1.00 bits per heavy atom. The van der Waals surface area contributed by atoms with E-state index in [0.29, 0.717) is 0 Å². The maximum absolute atomic E-state index is 3.59. The van der Waals surface area contributed by atoms with Crippen LogP contribution in [0.5, 0.6) is 0 Å². The number of nitrogens with zero attached hydrogens (tertiary/aromatic N) is 1. The molecule has 0 amide bonds. The van der Waals surface area contributed by atoms with Crippen LogP contribution in [0, 0.1) is 5.92 Å². The zero-order chi connectivity index (χ0) is 13.0. The molecule has 0 radical (unpaired) electrons. The van der Waals surface area contributed by atoms with E-state index in [4.69, 9.17) is 0 Å². The first-order valence-corrected chi connectivity index (χ1v) is 8.15. The van der Waals surface area contributed by atoms with E-state index in [1.165, 1.54) is 57.9 Å². The van der Waals surface area contributed by atoms with Crippen LogP contribution in [-0.4, -0.2) is 36.6 Å². The summed E-state index contributed by atoms with van der Waals surface area (Å²) in [4.78, 5) is 2.89. The third kappa shape index (κ3) is 3.48. The molecule has 18 heavy (non-hydrogen) atoms. The van der Waals surface area contributed by atoms with Gasteiger partial charge >= 0.3 is 0 Å². The summed E-state index contributed by atoms with van der Waals surface area (Å²) in [7, 11) is 2.16. The monoisotopic (exact) mass is 252 g/mol. The van der Waals surface area contributed by atoms with Crippen LogP contribution in [0.3, 0.4) is 0 Å². The van der Waals surface area contributed by atoms with Crippen molar-refractivity contribution >= 4 is 0 Å². The number of hydrogen-bond donors (Lipinski definition) is 1. The minimum atomic E-state index is 0.734. The third-order valence-corrected chi connectivity index (χ3v) is 4.90. The molecule has 2 aliphatic carbocycles. The quantitative estimate of drug-likeness (QED) is 0.806. The fourth-order valence-corrected chi connectivity index (χ4v) is 4.06. The van der Waals surface area contributed by atoms with E-state index >= 15 is 0 Å². The lowest BCUT2D eigenvalue weighted by Gasteiger charge is -2.44. The van der Waals surface area contributed by atoms with Gasteiger partial charge in [0.25, 0.3) is 0 Å². The third-order valence-electron chi connectivity index (χ3n) is 4.90. The molecule has 2 heteroatoms. The second-order valence-corrected chi connectivity index (χ2v) is 6.78. The van der Waals surface area contributed by atoms with Crippen molar-refractivity contribution in [1.82, 2.24) is 10.2 Å². The molecular weight excluding hydrogens is 220 g/mol. The van der Waals surface area contributed by atoms with E-state index in [0.717, 1.165) is 24.0 Å². The highest BCUT2D eigenvalue weighted by Crippen LogP contribution is 2.31. The molecular formula is C16H32N2. The van der Waals surface area contributed by atoms with Crippen LogP contribution >= 0.6 is 0 Å². The summed E-state index contributed by atoms with van der Waals surface area (Å²) in [5.74, 6) is 0.796. The molecule has 0 aromatic rings. The Hall–Kier alpha value is -0.0800. The van der Waals surface area contributed by atoms with E-state index in [2.05, 4.69) is 31.1 Å². The van der Waals surface area contributed by atoms with Crippen LogP contribution < -0.4 is 5.32 Å². The number of likely N-dealkylation sites (N-methyl/N-ethyl adjacent to an activating group) is 1. The lowest BCUT2D eigenvalue weighted by molar-refractivity contribution is 0.0705. The fourth-order valence-electron chi connectivity index (χ4n) is 4.06. The van der Waals surface area contributed by atoms with Crippen LogP contribution in [0.4, 0.5) is 0 Å². The van der Waals surface area contributed by atoms with Gasteiger partial charge in [-0.1, -0.05) is 39.5 Å². The highest BCUT2D eigenvalue weighted by Gasteiger charge is 2.34. The molecule has 2 saturated carbocycles. The lowest BCUT2D eigenvalue weighted by Crippen LogP contribution is -2.54. The van der Waals surface area contributed by atoms with Crippen LogP contribution in [0.2, 0.25) is 0 Å². The fraction of sp³-hybridized carbons (Fsp3) is 1.00. The van der Waals surface area contributed by atoms with E-state index in [-0.39, 0.29) is 0 Å². The molecule has 2 atom stereocenters. The van der Waals surface area contributed by atoms with Gasteiger partial charge in [-0.3, -0.25) is 4.90 Å². The summed E-state index contributed by atoms with van der Waals surface area (Å²) >= 11 is 0. The molecule has 0 spiro atoms. The van der Waals surface area contributed by atoms with Gasteiger partial charge in [-0.2, -0.15) is 0 Å². The van der Waals surface area contributed by atoms with Gasteiger partial charge in [0.1, 0.15) is 0 Å². The predicted molar refractivity (Wildman–Crippen MR) is 78.9 cm³/mol. The molecule has 0 heterocycles. The molecule has 2 rings (SSSR count). The van der Waals surface area contributed by atoms with Crippen LogP contribution in [-0.2, 0) is 0 Å². The smallest absolute Gasteiger partial charge is 0.0252 e. The van der Waals surface area contributed by atoms with Crippen molar-refractivity contribution in [2.24, 2.45) is 5.92 Å². The first kappa shape index (κ1) is 14.3. The van der Waals surface area contributed by atoms with Gasteiger partial charge in [0.15, 0.2) is 0 Å². The lowest BCUT2D eigenvalue weighted by atomic mass is 9.87. The molecule has 1 N–H and O–H groups in total. The molecule has 0 saturated heterocycles. The SMILES string of the molecule is CNC1CCCCC1N(CC(C)C)C1CCCC1. The Kier molecular flexibility index (Phi) is 5.50. The van der Waals surface area contributed by atoms with E-state index in [9.17, 15) is 0 Å². The molecule has 2 unspecified atom stereocenters. The second kappa shape index (κ2) is 6.91. The Morgan fingerprint density at radius 2 is 1.61 bits per heavy atom. The van der Waals surface area contributed by atoms with Gasteiger partial charge in [0, 0.05) is 24.7 Å². The van der Waals surface area contributed by atoms with Crippen molar-refractivity contribution in [2.75, 3.05) is 13.6 Å². The average molecular weight is 252 g/mol. The first-order valence-electron chi connectivity index (χ1n) is 8.15. The summed E-state index contributed by atoms with van der Waals surface area (Å²) in [5, 5.41) is 3.59. The largest absolute Gasteiger partial charge is 0.315 e. The molecule has 0 aromatic carbocycles. The average Bonchev–Trinajstić information content (AvgIpc) is 2.89. The molecule has 0 bridgehead atoms. The van der Waals surface area contributed by atoms with Crippen molar-refractivity contribution in [1.29, 1.82) is 0 Å². The minimum Gasteiger partial charge on any atom is -0.315 e. The Bertz CT molecular complexity index is 233. The summed E-state index contributed by atoms with van der Waals surface area (Å²) in [5.41, 5.74) is 0. The van der Waals surface area contributed by atoms with Gasteiger partial charge in [-0.15, -0.1) is 0 Å². The van der Waals surface area contributed by atoms with Crippen LogP contribution in [0.15, 0.2) is 0 Å². The van der Waals surface area contributed by atoms with Crippen LogP contribution in [0.1, 0.15) is 65.2 Å². The standard InChI is InChI=1S/C16H32N2/c1-13(2)12-18(14-8-4-5-9-14)16-11-7-6-10-15(16)17-3/h13-17H,4-12H2,1-3H3. The van der Waals surface area contributed by atoms with Crippen LogP contribution in [0.25, 0.3) is 0 Å². The van der Waals surface area contributed by atoms with Gasteiger partial charge in [-0.05, 0) is 38.6 Å². The summed E-state index contributed by atoms with van der Waals surface area (Å²) in [6.45, 7) is 6.05. The van der Waals surface area contributed by atoms with Gasteiger partial charge in [-0.25, -0.2) is 0 Å². The second-order valence-electron chi connectivity index (χ2n) is 6.78. The molecule has 0 aliphatic heterocycles.